The van der Waals surface area contributed by atoms with Gasteiger partial charge in [0, 0.05) is 10.6 Å². The second-order valence-electron chi connectivity index (χ2n) is 4.42. The molecule has 23 heavy (non-hydrogen) atoms. The van der Waals surface area contributed by atoms with Crippen LogP contribution in [0.2, 0.25) is 10.0 Å². The summed E-state index contributed by atoms with van der Waals surface area (Å²) in [5.74, 6) is -0.592. The van der Waals surface area contributed by atoms with Gasteiger partial charge >= 0.3 is 6.36 Å². The standard InChI is InChI=1S/C14H10Cl2F3NO2.ClH/c15-8-5-10(13(21)11(16)6-8)12(20)7-1-3-9(4-2-7)22-14(17,18)19;/h1-6,12,21H,20H2;1H/t12-;/m1./s1. The summed E-state index contributed by atoms with van der Waals surface area (Å²) in [6.45, 7) is 0. The lowest BCUT2D eigenvalue weighted by Crippen LogP contribution is -2.17. The van der Waals surface area contributed by atoms with E-state index in [0.717, 1.165) is 12.1 Å². The first-order valence-electron chi connectivity index (χ1n) is 5.96. The molecule has 0 saturated heterocycles. The van der Waals surface area contributed by atoms with Crippen LogP contribution in [0.1, 0.15) is 17.2 Å². The minimum absolute atomic E-state index is 0. The van der Waals surface area contributed by atoms with Gasteiger partial charge in [-0.05, 0) is 29.8 Å². The van der Waals surface area contributed by atoms with Gasteiger partial charge in [0.25, 0.3) is 0 Å². The number of ether oxygens (including phenoxy) is 1. The molecule has 0 amide bonds. The molecule has 0 fully saturated rings. The predicted molar refractivity (Wildman–Crippen MR) is 84.5 cm³/mol. The van der Waals surface area contributed by atoms with Gasteiger partial charge in [-0.1, -0.05) is 35.3 Å². The van der Waals surface area contributed by atoms with E-state index in [-0.39, 0.29) is 39.5 Å². The fourth-order valence-electron chi connectivity index (χ4n) is 1.88. The summed E-state index contributed by atoms with van der Waals surface area (Å²) in [6.07, 6.45) is -4.76. The van der Waals surface area contributed by atoms with Crippen LogP contribution in [0.4, 0.5) is 13.2 Å². The van der Waals surface area contributed by atoms with Crippen LogP contribution in [0.15, 0.2) is 36.4 Å². The lowest BCUT2D eigenvalue weighted by Gasteiger charge is -2.16. The summed E-state index contributed by atoms with van der Waals surface area (Å²) < 4.78 is 40.1. The molecule has 2 aromatic rings. The van der Waals surface area contributed by atoms with E-state index in [1.54, 1.807) is 0 Å². The van der Waals surface area contributed by atoms with Crippen molar-refractivity contribution in [3.8, 4) is 11.5 Å². The predicted octanol–water partition coefficient (Wildman–Crippen LogP) is 5.07. The minimum Gasteiger partial charge on any atom is -0.506 e. The van der Waals surface area contributed by atoms with E-state index in [1.807, 2.05) is 0 Å². The van der Waals surface area contributed by atoms with Crippen molar-refractivity contribution < 1.29 is 23.0 Å². The fourth-order valence-corrected chi connectivity index (χ4v) is 2.39. The Labute approximate surface area is 146 Å². The smallest absolute Gasteiger partial charge is 0.506 e. The topological polar surface area (TPSA) is 55.5 Å². The van der Waals surface area contributed by atoms with E-state index in [9.17, 15) is 18.3 Å². The number of hydrogen-bond acceptors (Lipinski definition) is 3. The van der Waals surface area contributed by atoms with E-state index < -0.39 is 12.4 Å². The van der Waals surface area contributed by atoms with Crippen molar-refractivity contribution in [1.82, 2.24) is 0 Å². The zero-order valence-electron chi connectivity index (χ0n) is 11.3. The number of rotatable bonds is 3. The van der Waals surface area contributed by atoms with Gasteiger partial charge in [0.05, 0.1) is 11.1 Å². The van der Waals surface area contributed by atoms with E-state index >= 15 is 0 Å². The highest BCUT2D eigenvalue weighted by atomic mass is 35.5. The molecule has 3 nitrogen and oxygen atoms in total. The molecule has 0 bridgehead atoms. The number of phenolic OH excluding ortho intramolecular Hbond substituents is 1. The molecule has 0 aliphatic carbocycles. The number of nitrogens with two attached hydrogens (primary N) is 1. The third-order valence-electron chi connectivity index (χ3n) is 2.87. The molecule has 126 valence electrons. The maximum Gasteiger partial charge on any atom is 0.573 e. The van der Waals surface area contributed by atoms with Crippen LogP contribution >= 0.6 is 35.6 Å². The van der Waals surface area contributed by atoms with Gasteiger partial charge in [-0.3, -0.25) is 0 Å². The van der Waals surface area contributed by atoms with Crippen LogP contribution in [-0.2, 0) is 0 Å². The summed E-state index contributed by atoms with van der Waals surface area (Å²) >= 11 is 11.7. The maximum absolute atomic E-state index is 12.1. The van der Waals surface area contributed by atoms with Crippen LogP contribution < -0.4 is 10.5 Å². The normalized spacial score (nSPS) is 12.4. The lowest BCUT2D eigenvalue weighted by molar-refractivity contribution is -0.274. The van der Waals surface area contributed by atoms with Crippen LogP contribution in [0.25, 0.3) is 0 Å². The Hall–Kier alpha value is -1.34. The molecule has 2 rings (SSSR count). The van der Waals surface area contributed by atoms with Gasteiger partial charge in [0.15, 0.2) is 0 Å². The minimum atomic E-state index is -4.76. The highest BCUT2D eigenvalue weighted by molar-refractivity contribution is 6.35. The molecule has 0 heterocycles. The summed E-state index contributed by atoms with van der Waals surface area (Å²) in [7, 11) is 0. The van der Waals surface area contributed by atoms with Gasteiger partial charge in [-0.2, -0.15) is 0 Å². The molecule has 0 unspecified atom stereocenters. The van der Waals surface area contributed by atoms with Gasteiger partial charge in [0.2, 0.25) is 0 Å². The molecule has 0 spiro atoms. The first kappa shape index (κ1) is 19.7. The van der Waals surface area contributed by atoms with Crippen LogP contribution in [0.3, 0.4) is 0 Å². The Morgan fingerprint density at radius 1 is 1.09 bits per heavy atom. The van der Waals surface area contributed by atoms with Crippen molar-refractivity contribution in [2.24, 2.45) is 5.73 Å². The van der Waals surface area contributed by atoms with Gasteiger partial charge in [-0.25, -0.2) is 0 Å². The van der Waals surface area contributed by atoms with Gasteiger partial charge in [-0.15, -0.1) is 25.6 Å². The molecular formula is C14H11Cl3F3NO2. The van der Waals surface area contributed by atoms with E-state index in [4.69, 9.17) is 28.9 Å². The summed E-state index contributed by atoms with van der Waals surface area (Å²) in [5.41, 5.74) is 6.72. The number of alkyl halides is 3. The van der Waals surface area contributed by atoms with Crippen LogP contribution in [0, 0.1) is 0 Å². The molecule has 9 heteroatoms. The molecule has 3 N–H and O–H groups in total. The molecule has 0 radical (unpaired) electrons. The van der Waals surface area contributed by atoms with Gasteiger partial charge in [0.1, 0.15) is 11.5 Å². The van der Waals surface area contributed by atoms with Gasteiger partial charge < -0.3 is 15.6 Å². The van der Waals surface area contributed by atoms with Crippen molar-refractivity contribution in [1.29, 1.82) is 0 Å². The number of phenols is 1. The Kier molecular flexibility index (Phi) is 6.41. The van der Waals surface area contributed by atoms with E-state index in [0.29, 0.717) is 5.56 Å². The zero-order chi connectivity index (χ0) is 16.5. The second-order valence-corrected chi connectivity index (χ2v) is 5.26. The molecule has 2 aromatic carbocycles. The average molecular weight is 389 g/mol. The van der Waals surface area contributed by atoms with E-state index in [1.165, 1.54) is 24.3 Å². The Balaban J connectivity index is 0.00000264. The summed E-state index contributed by atoms with van der Waals surface area (Å²) in [4.78, 5) is 0. The van der Waals surface area contributed by atoms with Crippen molar-refractivity contribution in [2.75, 3.05) is 0 Å². The Morgan fingerprint density at radius 2 is 1.65 bits per heavy atom. The molecular weight excluding hydrogens is 378 g/mol. The first-order valence-corrected chi connectivity index (χ1v) is 6.72. The number of benzene rings is 2. The number of aromatic hydroxyl groups is 1. The summed E-state index contributed by atoms with van der Waals surface area (Å²) in [6, 6.07) is 6.97. The molecule has 0 aromatic heterocycles. The van der Waals surface area contributed by atoms with Crippen LogP contribution in [-0.4, -0.2) is 11.5 Å². The third-order valence-corrected chi connectivity index (χ3v) is 3.37. The van der Waals surface area contributed by atoms with Crippen LogP contribution in [0.5, 0.6) is 11.5 Å². The Morgan fingerprint density at radius 3 is 2.17 bits per heavy atom. The molecule has 1 atom stereocenters. The molecule has 0 aliphatic heterocycles. The fraction of sp³-hybridized carbons (Fsp3) is 0.143. The highest BCUT2D eigenvalue weighted by Gasteiger charge is 2.31. The SMILES string of the molecule is Cl.N[C@H](c1ccc(OC(F)(F)F)cc1)c1cc(Cl)cc(Cl)c1O. The molecule has 0 saturated carbocycles. The molecule has 0 aliphatic rings. The average Bonchev–Trinajstić information content (AvgIpc) is 2.41. The zero-order valence-corrected chi connectivity index (χ0v) is 13.6. The second kappa shape index (κ2) is 7.49. The van der Waals surface area contributed by atoms with Crippen molar-refractivity contribution in [3.05, 3.63) is 57.6 Å². The lowest BCUT2D eigenvalue weighted by atomic mass is 9.98. The monoisotopic (exact) mass is 387 g/mol. The van der Waals surface area contributed by atoms with E-state index in [2.05, 4.69) is 4.74 Å². The Bertz CT molecular complexity index is 678. The third kappa shape index (κ3) is 5.07. The van der Waals surface area contributed by atoms with Crippen molar-refractivity contribution >= 4 is 35.6 Å². The summed E-state index contributed by atoms with van der Waals surface area (Å²) in [5, 5.41) is 10.2. The quantitative estimate of drug-likeness (QED) is 0.772. The number of hydrogen-bond donors (Lipinski definition) is 2. The highest BCUT2D eigenvalue weighted by Crippen LogP contribution is 2.36. The maximum atomic E-state index is 12.1. The van der Waals surface area contributed by atoms with Crippen molar-refractivity contribution in [3.63, 3.8) is 0 Å². The number of halogens is 6. The van der Waals surface area contributed by atoms with Crippen molar-refractivity contribution in [2.45, 2.75) is 12.4 Å². The first-order chi connectivity index (χ1) is 10.2. The largest absolute Gasteiger partial charge is 0.573 e.